The number of oxime groups is 1. The van der Waals surface area contributed by atoms with E-state index in [4.69, 9.17) is 28.9 Å². The number of hydrogen-bond acceptors (Lipinski definition) is 10. The molecular formula is C49H62FN3O9. The summed E-state index contributed by atoms with van der Waals surface area (Å²) in [6.45, 7) is 12.1. The number of nitrogens with zero attached hydrogens (tertiary/aromatic N) is 2. The summed E-state index contributed by atoms with van der Waals surface area (Å²) in [5, 5.41) is 27.5. The van der Waals surface area contributed by atoms with E-state index in [-0.39, 0.29) is 63.7 Å². The molecule has 3 aliphatic rings. The highest BCUT2D eigenvalue weighted by Gasteiger charge is 2.65. The number of rotatable bonds is 19. The van der Waals surface area contributed by atoms with Gasteiger partial charge in [0.15, 0.2) is 0 Å². The van der Waals surface area contributed by atoms with Gasteiger partial charge in [0.2, 0.25) is 5.79 Å². The summed E-state index contributed by atoms with van der Waals surface area (Å²) in [5.74, 6) is -2.15. The number of fused-ring (bicyclic) bond motifs is 2. The summed E-state index contributed by atoms with van der Waals surface area (Å²) in [6, 6.07) is 20.0. The van der Waals surface area contributed by atoms with E-state index in [9.17, 15) is 24.2 Å². The van der Waals surface area contributed by atoms with Crippen LogP contribution in [0.2, 0.25) is 0 Å². The van der Waals surface area contributed by atoms with Gasteiger partial charge in [0.25, 0.3) is 0 Å². The van der Waals surface area contributed by atoms with E-state index in [0.717, 1.165) is 42.4 Å². The molecule has 1 heterocycles. The van der Waals surface area contributed by atoms with Gasteiger partial charge in [-0.2, -0.15) is 0 Å². The molecule has 1 fully saturated rings. The van der Waals surface area contributed by atoms with E-state index < -0.39 is 41.4 Å². The summed E-state index contributed by atoms with van der Waals surface area (Å²) in [4.78, 5) is 35.4. The molecule has 2 aliphatic carbocycles. The van der Waals surface area contributed by atoms with Gasteiger partial charge in [-0.1, -0.05) is 72.6 Å². The van der Waals surface area contributed by atoms with Crippen molar-refractivity contribution in [2.75, 3.05) is 26.4 Å². The van der Waals surface area contributed by atoms with Gasteiger partial charge in [0.05, 0.1) is 24.8 Å². The zero-order valence-electron chi connectivity index (χ0n) is 36.4. The fourth-order valence-corrected chi connectivity index (χ4v) is 9.11. The first-order chi connectivity index (χ1) is 29.9. The van der Waals surface area contributed by atoms with Crippen LogP contribution in [-0.2, 0) is 27.4 Å². The highest BCUT2D eigenvalue weighted by Crippen LogP contribution is 2.62. The number of ether oxygens (including phenoxy) is 4. The Labute approximate surface area is 364 Å². The maximum absolute atomic E-state index is 14.4. The van der Waals surface area contributed by atoms with Crippen molar-refractivity contribution in [3.05, 3.63) is 120 Å². The van der Waals surface area contributed by atoms with Crippen LogP contribution in [-0.4, -0.2) is 76.9 Å². The number of amides is 2. The second-order valence-electron chi connectivity index (χ2n) is 17.2. The lowest BCUT2D eigenvalue weighted by molar-refractivity contribution is -0.256. The van der Waals surface area contributed by atoms with Crippen LogP contribution in [0.15, 0.2) is 102 Å². The van der Waals surface area contributed by atoms with E-state index in [0.29, 0.717) is 35.6 Å². The van der Waals surface area contributed by atoms with Gasteiger partial charge in [-0.05, 0) is 112 Å². The van der Waals surface area contributed by atoms with Crippen molar-refractivity contribution in [3.63, 3.8) is 0 Å². The Bertz CT molecular complexity index is 2040. The lowest BCUT2D eigenvalue weighted by Gasteiger charge is -2.60. The third-order valence-electron chi connectivity index (χ3n) is 11.7. The van der Waals surface area contributed by atoms with Gasteiger partial charge >= 0.3 is 12.2 Å². The molecule has 62 heavy (non-hydrogen) atoms. The van der Waals surface area contributed by atoms with Crippen molar-refractivity contribution in [1.29, 1.82) is 0 Å². The molecule has 6 unspecified atom stereocenters. The highest BCUT2D eigenvalue weighted by molar-refractivity contribution is 6.03. The molecule has 12 nitrogen and oxygen atoms in total. The van der Waals surface area contributed by atoms with Gasteiger partial charge < -0.3 is 39.3 Å². The first-order valence-corrected chi connectivity index (χ1v) is 21.8. The molecule has 2 amide bonds. The molecule has 3 aromatic rings. The molecule has 0 saturated heterocycles. The maximum atomic E-state index is 14.4. The van der Waals surface area contributed by atoms with Gasteiger partial charge in [-0.25, -0.2) is 14.0 Å². The number of aliphatic hydroxyl groups is 2. The van der Waals surface area contributed by atoms with Crippen LogP contribution in [0.25, 0.3) is 0 Å². The van der Waals surface area contributed by atoms with Crippen LogP contribution in [0.5, 0.6) is 11.5 Å². The lowest BCUT2D eigenvalue weighted by atomic mass is 9.55. The van der Waals surface area contributed by atoms with Crippen LogP contribution in [0.4, 0.5) is 14.0 Å². The van der Waals surface area contributed by atoms with Crippen LogP contribution in [0.3, 0.4) is 0 Å². The Kier molecular flexibility index (Phi) is 15.8. The molecule has 3 aromatic carbocycles. The quantitative estimate of drug-likeness (QED) is 0.0610. The largest absolute Gasteiger partial charge is 0.459 e. The number of benzene rings is 3. The number of carbonyl (C=O) groups excluding carboxylic acids is 2. The standard InChI is InChI=1S/C49H62FN3O9/c1-6-27-59-49-43(53(47(57)58-7-2)32-34-19-21-36(50)22-20-34)30-41(52-62-48(3,4)5)39-28-35(17-11-13-25-54)38(18-12-14-26-55)44(45(39)49)40-29-37(23-24-42(40)61-49)60-46(56)51-31-33-15-9-8-10-16-33/h6,8-10,15-16,19-24,28-29,35,38,43-45,54-55H,1,7,11-14,17-18,25-27,30-32H2,2-5H3,(H,51,56). The fraction of sp³-hybridized carbons (Fsp3) is 0.490. The van der Waals surface area contributed by atoms with E-state index in [2.05, 4.69) is 18.0 Å². The molecule has 1 aliphatic heterocycles. The third-order valence-corrected chi connectivity index (χ3v) is 11.7. The Morgan fingerprint density at radius 2 is 1.73 bits per heavy atom. The topological polar surface area (TPSA) is 148 Å². The SMILES string of the molecule is C=CCOC12Oc3ccc(OC(=O)NCc4ccccc4)cc3C3C(CCCCO)C(CCCCO)C=C(C(=NOC(C)(C)C)CC1N(Cc1ccc(F)cc1)C(=O)OCC)C32. The Morgan fingerprint density at radius 1 is 1.00 bits per heavy atom. The zero-order valence-corrected chi connectivity index (χ0v) is 36.4. The molecule has 0 radical (unpaired) electrons. The summed E-state index contributed by atoms with van der Waals surface area (Å²) >= 11 is 0. The van der Waals surface area contributed by atoms with Gasteiger partial charge in [0.1, 0.15) is 29.0 Å². The smallest absolute Gasteiger partial charge is 0.412 e. The Hall–Kier alpha value is -5.24. The van der Waals surface area contributed by atoms with E-state index in [1.54, 1.807) is 42.2 Å². The van der Waals surface area contributed by atoms with Gasteiger partial charge in [-0.15, -0.1) is 6.58 Å². The average molecular weight is 856 g/mol. The normalized spacial score (nSPS) is 23.2. The molecule has 334 valence electrons. The summed E-state index contributed by atoms with van der Waals surface area (Å²) in [7, 11) is 0. The minimum Gasteiger partial charge on any atom is -0.459 e. The second-order valence-corrected chi connectivity index (χ2v) is 17.2. The van der Waals surface area contributed by atoms with Crippen LogP contribution in [0, 0.1) is 23.6 Å². The molecule has 3 N–H and O–H groups in total. The fourth-order valence-electron chi connectivity index (χ4n) is 9.11. The van der Waals surface area contributed by atoms with Crippen molar-refractivity contribution in [2.24, 2.45) is 22.9 Å². The van der Waals surface area contributed by atoms with Crippen LogP contribution in [0.1, 0.15) is 95.2 Å². The predicted molar refractivity (Wildman–Crippen MR) is 234 cm³/mol. The van der Waals surface area contributed by atoms with Gasteiger partial charge in [0, 0.05) is 44.2 Å². The summed E-state index contributed by atoms with van der Waals surface area (Å²) in [6.07, 6.45) is 7.06. The van der Waals surface area contributed by atoms with Crippen molar-refractivity contribution in [3.8, 4) is 11.5 Å². The predicted octanol–water partition coefficient (Wildman–Crippen LogP) is 9.21. The number of allylic oxidation sites excluding steroid dienone is 1. The van der Waals surface area contributed by atoms with E-state index >= 15 is 0 Å². The molecule has 0 bridgehead atoms. The maximum Gasteiger partial charge on any atom is 0.412 e. The highest BCUT2D eigenvalue weighted by atomic mass is 19.1. The number of unbranched alkanes of at least 4 members (excludes halogenated alkanes) is 2. The van der Waals surface area contributed by atoms with E-state index in [1.165, 1.54) is 12.1 Å². The van der Waals surface area contributed by atoms with Gasteiger partial charge in [-0.3, -0.25) is 4.90 Å². The molecule has 1 saturated carbocycles. The molecule has 0 aromatic heterocycles. The monoisotopic (exact) mass is 855 g/mol. The Balaban J connectivity index is 1.56. The van der Waals surface area contributed by atoms with Crippen molar-refractivity contribution >= 4 is 17.9 Å². The number of nitrogens with one attached hydrogen (secondary N) is 1. The number of carbonyl (C=O) groups is 2. The van der Waals surface area contributed by atoms with Crippen molar-refractivity contribution in [2.45, 2.75) is 109 Å². The van der Waals surface area contributed by atoms with Crippen LogP contribution < -0.4 is 14.8 Å². The number of aliphatic hydroxyl groups excluding tert-OH is 2. The summed E-state index contributed by atoms with van der Waals surface area (Å²) in [5.41, 5.74) is 3.21. The number of halogens is 1. The first-order valence-electron chi connectivity index (χ1n) is 21.8. The molecule has 6 atom stereocenters. The molecular weight excluding hydrogens is 794 g/mol. The Morgan fingerprint density at radius 3 is 2.40 bits per heavy atom. The molecule has 13 heteroatoms. The molecule has 0 spiro atoms. The molecule has 6 rings (SSSR count). The van der Waals surface area contributed by atoms with Crippen LogP contribution >= 0.6 is 0 Å². The second kappa shape index (κ2) is 21.2. The number of hydrogen-bond donors (Lipinski definition) is 3. The summed E-state index contributed by atoms with van der Waals surface area (Å²) < 4.78 is 40.2. The minimum atomic E-state index is -1.55. The van der Waals surface area contributed by atoms with Crippen molar-refractivity contribution < 1.29 is 48.0 Å². The lowest BCUT2D eigenvalue weighted by Crippen LogP contribution is -2.70. The van der Waals surface area contributed by atoms with E-state index in [1.807, 2.05) is 57.2 Å². The minimum absolute atomic E-state index is 0.00458. The average Bonchev–Trinajstić information content (AvgIpc) is 3.25. The zero-order chi connectivity index (χ0) is 44.3. The third kappa shape index (κ3) is 11.0. The first kappa shape index (κ1) is 46.3. The van der Waals surface area contributed by atoms with Crippen molar-refractivity contribution in [1.82, 2.24) is 10.2 Å².